The van der Waals surface area contributed by atoms with E-state index in [0.29, 0.717) is 31.9 Å². The first-order chi connectivity index (χ1) is 10.3. The van der Waals surface area contributed by atoms with E-state index in [1.165, 1.54) is 4.90 Å². The second-order valence-electron chi connectivity index (χ2n) is 6.50. The maximum absolute atomic E-state index is 12.1. The number of carbonyl (C=O) groups is 3. The molecule has 128 valence electrons. The van der Waals surface area contributed by atoms with Crippen LogP contribution < -0.4 is 5.32 Å². The molecule has 0 aromatic rings. The third-order valence-electron chi connectivity index (χ3n) is 3.72. The lowest BCUT2D eigenvalue weighted by atomic mass is 9.94. The molecule has 1 saturated heterocycles. The molecule has 1 rings (SSSR count). The number of amides is 3. The molecule has 0 radical (unpaired) electrons. The van der Waals surface area contributed by atoms with Crippen molar-refractivity contribution < 1.29 is 20.5 Å². The number of carbonyl (C=O) groups excluding carboxylic acids is 3. The molecule has 0 aliphatic carbocycles. The van der Waals surface area contributed by atoms with Crippen LogP contribution in [0.15, 0.2) is 0 Å². The van der Waals surface area contributed by atoms with Gasteiger partial charge in [0, 0.05) is 26.7 Å². The Morgan fingerprint density at radius 1 is 1.32 bits per heavy atom. The van der Waals surface area contributed by atoms with E-state index >= 15 is 0 Å². The number of likely N-dealkylation sites (tertiary alicyclic amines) is 1. The van der Waals surface area contributed by atoms with E-state index in [-0.39, 0.29) is 44.1 Å². The number of nitrogens with zero attached hydrogens (tertiary/aromatic N) is 1. The SMILES string of the molecule is CC(C)CNC(=O)CCOCCN1C(=O)CC(C(C)C)C1=O.[HH]. The maximum Gasteiger partial charge on any atom is 0.233 e. The van der Waals surface area contributed by atoms with Crippen LogP contribution in [0, 0.1) is 17.8 Å². The van der Waals surface area contributed by atoms with Gasteiger partial charge in [-0.25, -0.2) is 0 Å². The molecule has 6 nitrogen and oxygen atoms in total. The zero-order valence-electron chi connectivity index (χ0n) is 14.1. The Morgan fingerprint density at radius 2 is 2.00 bits per heavy atom. The van der Waals surface area contributed by atoms with Crippen LogP contribution in [0.5, 0.6) is 0 Å². The minimum absolute atomic E-state index is 0. The highest BCUT2D eigenvalue weighted by Gasteiger charge is 2.39. The second kappa shape index (κ2) is 8.88. The fourth-order valence-corrected chi connectivity index (χ4v) is 2.29. The number of imide groups is 1. The molecule has 0 aromatic heterocycles. The average Bonchev–Trinajstić information content (AvgIpc) is 2.72. The Labute approximate surface area is 134 Å². The minimum Gasteiger partial charge on any atom is -0.379 e. The first-order valence-corrected chi connectivity index (χ1v) is 8.01. The quantitative estimate of drug-likeness (QED) is 0.516. The number of nitrogens with one attached hydrogen (secondary N) is 1. The van der Waals surface area contributed by atoms with E-state index in [9.17, 15) is 14.4 Å². The first-order valence-electron chi connectivity index (χ1n) is 8.01. The van der Waals surface area contributed by atoms with Crippen molar-refractivity contribution in [1.82, 2.24) is 10.2 Å². The Bertz CT molecular complexity index is 413. The molecule has 0 saturated carbocycles. The molecule has 0 aromatic carbocycles. The highest BCUT2D eigenvalue weighted by molar-refractivity contribution is 6.03. The molecular weight excluding hydrogens is 284 g/mol. The molecular formula is C16H30N2O4. The summed E-state index contributed by atoms with van der Waals surface area (Å²) in [5.74, 6) is 0.134. The van der Waals surface area contributed by atoms with E-state index in [4.69, 9.17) is 4.74 Å². The van der Waals surface area contributed by atoms with E-state index < -0.39 is 0 Å². The lowest BCUT2D eigenvalue weighted by molar-refractivity contribution is -0.140. The van der Waals surface area contributed by atoms with Gasteiger partial charge in [0.15, 0.2) is 0 Å². The van der Waals surface area contributed by atoms with Gasteiger partial charge in [0.1, 0.15) is 0 Å². The van der Waals surface area contributed by atoms with Crippen molar-refractivity contribution in [3.8, 4) is 0 Å². The number of rotatable bonds is 9. The molecule has 1 heterocycles. The summed E-state index contributed by atoms with van der Waals surface area (Å²) < 4.78 is 5.36. The van der Waals surface area contributed by atoms with Gasteiger partial charge in [-0.05, 0) is 11.8 Å². The van der Waals surface area contributed by atoms with Gasteiger partial charge in [0.05, 0.1) is 19.8 Å². The summed E-state index contributed by atoms with van der Waals surface area (Å²) >= 11 is 0. The Morgan fingerprint density at radius 3 is 2.55 bits per heavy atom. The molecule has 22 heavy (non-hydrogen) atoms. The molecule has 6 heteroatoms. The highest BCUT2D eigenvalue weighted by Crippen LogP contribution is 2.25. The van der Waals surface area contributed by atoms with E-state index in [0.717, 1.165) is 0 Å². The maximum atomic E-state index is 12.1. The molecule has 0 spiro atoms. The summed E-state index contributed by atoms with van der Waals surface area (Å²) in [7, 11) is 0. The largest absolute Gasteiger partial charge is 0.379 e. The van der Waals surface area contributed by atoms with E-state index in [1.54, 1.807) is 0 Å². The van der Waals surface area contributed by atoms with Crippen LogP contribution in [-0.4, -0.2) is 48.9 Å². The molecule has 1 N–H and O–H groups in total. The van der Waals surface area contributed by atoms with Gasteiger partial charge in [0.25, 0.3) is 0 Å². The van der Waals surface area contributed by atoms with Crippen molar-refractivity contribution in [2.75, 3.05) is 26.3 Å². The monoisotopic (exact) mass is 314 g/mol. The number of ether oxygens (including phenoxy) is 1. The van der Waals surface area contributed by atoms with Crippen LogP contribution in [0.25, 0.3) is 0 Å². The van der Waals surface area contributed by atoms with Crippen molar-refractivity contribution in [3.63, 3.8) is 0 Å². The predicted molar refractivity (Wildman–Crippen MR) is 85.1 cm³/mol. The summed E-state index contributed by atoms with van der Waals surface area (Å²) in [6.45, 7) is 9.47. The van der Waals surface area contributed by atoms with Crippen LogP contribution in [0.3, 0.4) is 0 Å². The van der Waals surface area contributed by atoms with Crippen LogP contribution >= 0.6 is 0 Å². The fraction of sp³-hybridized carbons (Fsp3) is 0.812. The molecule has 0 bridgehead atoms. The summed E-state index contributed by atoms with van der Waals surface area (Å²) in [5, 5.41) is 2.81. The van der Waals surface area contributed by atoms with Gasteiger partial charge in [-0.3, -0.25) is 19.3 Å². The smallest absolute Gasteiger partial charge is 0.233 e. The van der Waals surface area contributed by atoms with Gasteiger partial charge in [-0.2, -0.15) is 0 Å². The Hall–Kier alpha value is -1.43. The predicted octanol–water partition coefficient (Wildman–Crippen LogP) is 1.44. The molecule has 1 atom stereocenters. The minimum atomic E-state index is -0.200. The standard InChI is InChI=1S/C16H28N2O4.H2/c1-11(2)10-17-14(19)5-7-22-8-6-18-15(20)9-13(12(3)4)16(18)21;/h11-13H,5-10H2,1-4H3,(H,17,19);1H. The summed E-state index contributed by atoms with van der Waals surface area (Å²) in [6.07, 6.45) is 0.595. The van der Waals surface area contributed by atoms with E-state index in [2.05, 4.69) is 5.32 Å². The topological polar surface area (TPSA) is 75.7 Å². The summed E-state index contributed by atoms with van der Waals surface area (Å²) in [5.41, 5.74) is 0. The number of hydrogen-bond donors (Lipinski definition) is 1. The van der Waals surface area contributed by atoms with Crippen molar-refractivity contribution in [2.45, 2.75) is 40.5 Å². The Balaban J connectivity index is 0.00000484. The lowest BCUT2D eigenvalue weighted by Crippen LogP contribution is -2.34. The molecule has 1 aliphatic rings. The molecule has 1 aliphatic heterocycles. The average molecular weight is 314 g/mol. The summed E-state index contributed by atoms with van der Waals surface area (Å²) in [6, 6.07) is 0. The molecule has 3 amide bonds. The van der Waals surface area contributed by atoms with Crippen molar-refractivity contribution in [1.29, 1.82) is 0 Å². The Kier molecular flexibility index (Phi) is 7.51. The zero-order valence-corrected chi connectivity index (χ0v) is 14.1. The normalized spacial score (nSPS) is 18.6. The van der Waals surface area contributed by atoms with Gasteiger partial charge < -0.3 is 10.1 Å². The lowest BCUT2D eigenvalue weighted by Gasteiger charge is -2.16. The van der Waals surface area contributed by atoms with Gasteiger partial charge in [0.2, 0.25) is 17.7 Å². The highest BCUT2D eigenvalue weighted by atomic mass is 16.5. The van der Waals surface area contributed by atoms with Crippen LogP contribution in [0.2, 0.25) is 0 Å². The molecule has 1 unspecified atom stereocenters. The van der Waals surface area contributed by atoms with Crippen LogP contribution in [0.4, 0.5) is 0 Å². The second-order valence-corrected chi connectivity index (χ2v) is 6.50. The third kappa shape index (κ3) is 5.75. The van der Waals surface area contributed by atoms with Crippen molar-refractivity contribution in [2.24, 2.45) is 17.8 Å². The van der Waals surface area contributed by atoms with Crippen molar-refractivity contribution >= 4 is 17.7 Å². The summed E-state index contributed by atoms with van der Waals surface area (Å²) in [4.78, 5) is 36.6. The van der Waals surface area contributed by atoms with Gasteiger partial charge in [-0.15, -0.1) is 0 Å². The van der Waals surface area contributed by atoms with Crippen LogP contribution in [-0.2, 0) is 19.1 Å². The third-order valence-corrected chi connectivity index (χ3v) is 3.72. The fourth-order valence-electron chi connectivity index (χ4n) is 2.29. The van der Waals surface area contributed by atoms with Crippen molar-refractivity contribution in [3.05, 3.63) is 0 Å². The zero-order chi connectivity index (χ0) is 16.7. The first kappa shape index (κ1) is 18.6. The van der Waals surface area contributed by atoms with Gasteiger partial charge >= 0.3 is 0 Å². The van der Waals surface area contributed by atoms with Crippen LogP contribution in [0.1, 0.15) is 42.0 Å². The van der Waals surface area contributed by atoms with Gasteiger partial charge in [-0.1, -0.05) is 27.7 Å². The number of hydrogen-bond acceptors (Lipinski definition) is 4. The molecule has 1 fully saturated rings. The van der Waals surface area contributed by atoms with E-state index in [1.807, 2.05) is 27.7 Å².